The Morgan fingerprint density at radius 2 is 1.89 bits per heavy atom. The number of likely N-dealkylation sites (tertiary alicyclic amines) is 1. The van der Waals surface area contributed by atoms with Gasteiger partial charge in [0.15, 0.2) is 0 Å². The number of aliphatic hydroxyl groups excluding tert-OH is 1. The van der Waals surface area contributed by atoms with E-state index in [1.165, 1.54) is 0 Å². The van der Waals surface area contributed by atoms with Gasteiger partial charge in [0.25, 0.3) is 0 Å². The summed E-state index contributed by atoms with van der Waals surface area (Å²) in [5, 5.41) is 29.5. The second-order valence-electron chi connectivity index (χ2n) is 6.72. The smallest absolute Gasteiger partial charge is 0.550 e. The van der Waals surface area contributed by atoms with Crippen LogP contribution in [0.15, 0.2) is 48.5 Å². The number of fused-ring (bicyclic) bond motifs is 1. The van der Waals surface area contributed by atoms with Gasteiger partial charge in [-0.05, 0) is 30.2 Å². The molecule has 1 aliphatic rings. The Balaban J connectivity index is 0.00000210. The summed E-state index contributed by atoms with van der Waals surface area (Å²) in [6.07, 6.45) is -0.764. The molecule has 0 radical (unpaired) electrons. The maximum Gasteiger partial charge on any atom is 1.00 e. The molecule has 0 unspecified atom stereocenters. The van der Waals surface area contributed by atoms with Crippen molar-refractivity contribution in [3.8, 4) is 5.69 Å². The number of hydrogen-bond donors (Lipinski definition) is 1. The van der Waals surface area contributed by atoms with Crippen LogP contribution in [0.2, 0.25) is 0 Å². The Labute approximate surface area is 199 Å². The van der Waals surface area contributed by atoms with E-state index in [0.29, 0.717) is 19.6 Å². The Hall–Kier alpha value is -1.13. The Morgan fingerprint density at radius 3 is 2.70 bits per heavy atom. The molecule has 0 saturated carbocycles. The second kappa shape index (κ2) is 8.91. The van der Waals surface area contributed by atoms with Crippen LogP contribution in [0.25, 0.3) is 16.7 Å². The van der Waals surface area contributed by atoms with E-state index in [-0.39, 0.29) is 63.7 Å². The molecule has 0 spiro atoms. The van der Waals surface area contributed by atoms with Crippen molar-refractivity contribution in [2.75, 3.05) is 13.1 Å². The number of aromatic nitrogens is 3. The van der Waals surface area contributed by atoms with Gasteiger partial charge in [-0.1, -0.05) is 35.5 Å². The zero-order valence-corrected chi connectivity index (χ0v) is 18.3. The van der Waals surface area contributed by atoms with Crippen LogP contribution < -0.4 is 56.5 Å². The maximum atomic E-state index is 10.8. The normalized spacial score (nSPS) is 19.9. The number of carbonyl (C=O) groups excluding carboxylic acids is 1. The summed E-state index contributed by atoms with van der Waals surface area (Å²) in [4.78, 5) is 12.9. The number of hydrogen-bond acceptors (Lipinski definition) is 6. The van der Waals surface area contributed by atoms with Crippen LogP contribution >= 0.6 is 0 Å². The van der Waals surface area contributed by atoms with Gasteiger partial charge in [-0.25, -0.2) is 4.68 Å². The molecule has 4 rings (SSSR count). The molecule has 7 nitrogen and oxygen atoms in total. The first-order valence-electron chi connectivity index (χ1n) is 8.61. The van der Waals surface area contributed by atoms with Crippen LogP contribution in [-0.4, -0.2) is 50.2 Å². The molecule has 1 fully saturated rings. The van der Waals surface area contributed by atoms with E-state index in [0.717, 1.165) is 22.3 Å². The minimum atomic E-state index is -1.12. The Bertz CT molecular complexity index is 945. The second-order valence-corrected chi connectivity index (χ2v) is 6.72. The van der Waals surface area contributed by atoms with E-state index in [1.807, 2.05) is 53.2 Å². The molecule has 0 amide bonds. The SMILES string of the molecule is O=C([O-])C[C@@H]1CN(Cc2ccccc2-n2nnc3ccccc32)C[C@H]1O.[K+]. The third-order valence-corrected chi connectivity index (χ3v) is 4.88. The fourth-order valence-corrected chi connectivity index (χ4v) is 3.62. The molecule has 1 aromatic heterocycles. The first-order valence-corrected chi connectivity index (χ1v) is 8.61. The predicted molar refractivity (Wildman–Crippen MR) is 93.3 cm³/mol. The Kier molecular flexibility index (Phi) is 6.80. The predicted octanol–water partition coefficient (Wildman–Crippen LogP) is -2.64. The summed E-state index contributed by atoms with van der Waals surface area (Å²) >= 11 is 0. The summed E-state index contributed by atoms with van der Waals surface area (Å²) in [6.45, 7) is 1.58. The van der Waals surface area contributed by atoms with Crippen LogP contribution in [0.1, 0.15) is 12.0 Å². The largest absolute Gasteiger partial charge is 1.00 e. The number of carboxylic acids is 1. The first kappa shape index (κ1) is 20.6. The van der Waals surface area contributed by atoms with Crippen LogP contribution in [0.3, 0.4) is 0 Å². The average molecular weight is 390 g/mol. The number of aliphatic hydroxyl groups is 1. The van der Waals surface area contributed by atoms with Gasteiger partial charge in [0.2, 0.25) is 0 Å². The fourth-order valence-electron chi connectivity index (χ4n) is 3.62. The molecule has 1 aliphatic heterocycles. The van der Waals surface area contributed by atoms with Crippen LogP contribution in [0.5, 0.6) is 0 Å². The summed E-state index contributed by atoms with van der Waals surface area (Å²) in [6, 6.07) is 15.7. The van der Waals surface area contributed by atoms with E-state index in [1.54, 1.807) is 0 Å². The molecule has 2 heterocycles. The monoisotopic (exact) mass is 390 g/mol. The molecule has 0 bridgehead atoms. The van der Waals surface area contributed by atoms with Crippen LogP contribution in [0, 0.1) is 5.92 Å². The molecule has 2 atom stereocenters. The number of benzene rings is 2. The van der Waals surface area contributed by atoms with E-state index in [4.69, 9.17) is 0 Å². The van der Waals surface area contributed by atoms with Crippen molar-refractivity contribution in [1.82, 2.24) is 19.9 Å². The van der Waals surface area contributed by atoms with E-state index in [9.17, 15) is 15.0 Å². The molecular formula is C19H19KN4O3. The summed E-state index contributed by atoms with van der Waals surface area (Å²) in [5.41, 5.74) is 3.73. The number of nitrogens with zero attached hydrogens (tertiary/aromatic N) is 4. The van der Waals surface area contributed by atoms with Gasteiger partial charge in [0.1, 0.15) is 5.52 Å². The van der Waals surface area contributed by atoms with Gasteiger partial charge in [-0.15, -0.1) is 5.10 Å². The average Bonchev–Trinajstić information content (AvgIpc) is 3.19. The quantitative estimate of drug-likeness (QED) is 0.479. The van der Waals surface area contributed by atoms with E-state index in [2.05, 4.69) is 15.2 Å². The molecule has 1 saturated heterocycles. The molecule has 0 aliphatic carbocycles. The molecule has 27 heavy (non-hydrogen) atoms. The minimum absolute atomic E-state index is 0. The maximum absolute atomic E-state index is 10.8. The van der Waals surface area contributed by atoms with Gasteiger partial charge in [0.05, 0.1) is 17.3 Å². The van der Waals surface area contributed by atoms with Gasteiger partial charge in [-0.3, -0.25) is 4.90 Å². The number of carboxylic acid groups (broad SMARTS) is 1. The van der Waals surface area contributed by atoms with E-state index < -0.39 is 12.1 Å². The standard InChI is InChI=1S/C19H20N4O3.K/c24-18-12-22(11-14(18)9-19(25)26)10-13-5-1-3-7-16(13)23-17-8-4-2-6-15(17)20-21-23;/h1-8,14,18,24H,9-12H2,(H,25,26);/q;+1/p-1/t14-,18-;/m1./s1. The number of aliphatic carboxylic acids is 1. The topological polar surface area (TPSA) is 94.3 Å². The molecule has 3 aromatic rings. The van der Waals surface area contributed by atoms with Gasteiger partial charge < -0.3 is 15.0 Å². The van der Waals surface area contributed by atoms with E-state index >= 15 is 0 Å². The molecule has 2 aromatic carbocycles. The summed E-state index contributed by atoms with van der Waals surface area (Å²) in [7, 11) is 0. The Morgan fingerprint density at radius 1 is 1.15 bits per heavy atom. The number of rotatable bonds is 5. The first-order chi connectivity index (χ1) is 12.6. The van der Waals surface area contributed by atoms with Crippen molar-refractivity contribution < 1.29 is 66.4 Å². The third kappa shape index (κ3) is 4.48. The van der Waals surface area contributed by atoms with Crippen molar-refractivity contribution in [1.29, 1.82) is 0 Å². The van der Waals surface area contributed by atoms with Crippen LogP contribution in [0.4, 0.5) is 0 Å². The van der Waals surface area contributed by atoms with Crippen molar-refractivity contribution >= 4 is 17.0 Å². The van der Waals surface area contributed by atoms with Crippen molar-refractivity contribution in [3.05, 3.63) is 54.1 Å². The number of para-hydroxylation sites is 2. The van der Waals surface area contributed by atoms with Gasteiger partial charge in [0, 0.05) is 31.5 Å². The zero-order chi connectivity index (χ0) is 18.1. The molecule has 8 heteroatoms. The summed E-state index contributed by atoms with van der Waals surface area (Å²) < 4.78 is 1.82. The van der Waals surface area contributed by atoms with Crippen molar-refractivity contribution in [2.45, 2.75) is 19.1 Å². The minimum Gasteiger partial charge on any atom is -0.550 e. The molecular weight excluding hydrogens is 371 g/mol. The van der Waals surface area contributed by atoms with Gasteiger partial charge in [-0.2, -0.15) is 0 Å². The third-order valence-electron chi connectivity index (χ3n) is 4.88. The van der Waals surface area contributed by atoms with Gasteiger partial charge >= 0.3 is 51.4 Å². The van der Waals surface area contributed by atoms with Crippen molar-refractivity contribution in [2.24, 2.45) is 5.92 Å². The number of β-amino-alcohol motifs (C(OH)–C–C–N with tert-alkyl or cyclic N) is 1. The van der Waals surface area contributed by atoms with Crippen LogP contribution in [-0.2, 0) is 11.3 Å². The molecule has 134 valence electrons. The molecule has 1 N–H and O–H groups in total. The number of carbonyl (C=O) groups is 1. The summed E-state index contributed by atoms with van der Waals surface area (Å²) in [5.74, 6) is -1.41. The van der Waals surface area contributed by atoms with Crippen molar-refractivity contribution in [3.63, 3.8) is 0 Å². The fraction of sp³-hybridized carbons (Fsp3) is 0.316. The zero-order valence-electron chi connectivity index (χ0n) is 15.2.